The molecule has 1 saturated heterocycles. The predicted octanol–water partition coefficient (Wildman–Crippen LogP) is -1.51. The Kier molecular flexibility index (Phi) is 6.73. The largest absolute Gasteiger partial charge is 0.504 e. The van der Waals surface area contributed by atoms with E-state index >= 15 is 0 Å². The lowest BCUT2D eigenvalue weighted by Gasteiger charge is -2.41. The Morgan fingerprint density at radius 1 is 1.21 bits per heavy atom. The molecule has 10 nitrogen and oxygen atoms in total. The zero-order chi connectivity index (χ0) is 21.1. The maximum absolute atomic E-state index is 12.5. The van der Waals surface area contributed by atoms with Gasteiger partial charge in [0.2, 0.25) is 5.91 Å². The van der Waals surface area contributed by atoms with Gasteiger partial charge in [0.25, 0.3) is 0 Å². The van der Waals surface area contributed by atoms with E-state index in [0.717, 1.165) is 0 Å². The van der Waals surface area contributed by atoms with Gasteiger partial charge in [-0.15, -0.1) is 0 Å². The highest BCUT2D eigenvalue weighted by molar-refractivity contribution is 5.97. The number of phenols is 1. The van der Waals surface area contributed by atoms with E-state index < -0.39 is 42.5 Å². The van der Waals surface area contributed by atoms with E-state index in [9.17, 15) is 25.2 Å². The van der Waals surface area contributed by atoms with Gasteiger partial charge in [0.15, 0.2) is 11.5 Å². The summed E-state index contributed by atoms with van der Waals surface area (Å²) in [6.45, 7) is 1.27. The van der Waals surface area contributed by atoms with Crippen LogP contribution in [-0.2, 0) is 14.3 Å². The van der Waals surface area contributed by atoms with Crippen molar-refractivity contribution >= 4 is 12.0 Å². The zero-order valence-electron chi connectivity index (χ0n) is 15.8. The number of hydrogen-bond donors (Lipinski definition) is 6. The number of aromatic hydroxyl groups is 1. The number of rotatable bonds is 6. The summed E-state index contributed by atoms with van der Waals surface area (Å²) in [5.74, 6) is -0.516. The number of phenolic OH excluding ortho intramolecular Hbond substituents is 1. The van der Waals surface area contributed by atoms with Crippen LogP contribution < -0.4 is 10.1 Å². The number of nitrogens with one attached hydrogen (secondary N) is 1. The molecule has 10 heteroatoms. The van der Waals surface area contributed by atoms with Crippen LogP contribution in [0.4, 0.5) is 0 Å². The van der Waals surface area contributed by atoms with Crippen LogP contribution in [0.25, 0.3) is 6.08 Å². The SMILES string of the molecule is C/C(=C\c1ccc(OCCO)c(O)c1)C(=O)N[C@@H]1[C@H](O)[C@@H](O)[C@H]2OCO[C@H]2[C@@H]1O. The number of carbonyl (C=O) groups is 1. The molecule has 1 heterocycles. The molecule has 0 aromatic heterocycles. The monoisotopic (exact) mass is 411 g/mol. The summed E-state index contributed by atoms with van der Waals surface area (Å²) in [7, 11) is 0. The van der Waals surface area contributed by atoms with Gasteiger partial charge in [-0.1, -0.05) is 6.07 Å². The number of hydrogen-bond acceptors (Lipinski definition) is 9. The molecule has 6 atom stereocenters. The average molecular weight is 411 g/mol. The Labute approximate surface area is 166 Å². The number of ether oxygens (including phenoxy) is 3. The molecule has 0 unspecified atom stereocenters. The fourth-order valence-electron chi connectivity index (χ4n) is 3.44. The van der Waals surface area contributed by atoms with E-state index in [1.54, 1.807) is 6.07 Å². The van der Waals surface area contributed by atoms with Crippen LogP contribution in [0.1, 0.15) is 12.5 Å². The predicted molar refractivity (Wildman–Crippen MR) is 98.9 cm³/mol. The topological polar surface area (TPSA) is 158 Å². The van der Waals surface area contributed by atoms with E-state index in [0.29, 0.717) is 5.56 Å². The minimum absolute atomic E-state index is 0.0404. The molecule has 6 N–H and O–H groups in total. The van der Waals surface area contributed by atoms with Crippen molar-refractivity contribution in [3.63, 3.8) is 0 Å². The van der Waals surface area contributed by atoms with Crippen molar-refractivity contribution in [1.29, 1.82) is 0 Å². The second kappa shape index (κ2) is 9.08. The molecule has 2 aliphatic rings. The van der Waals surface area contributed by atoms with Gasteiger partial charge in [-0.25, -0.2) is 0 Å². The van der Waals surface area contributed by atoms with Crippen molar-refractivity contribution in [3.8, 4) is 11.5 Å². The highest BCUT2D eigenvalue weighted by Crippen LogP contribution is 2.30. The first kappa shape index (κ1) is 21.5. The summed E-state index contributed by atoms with van der Waals surface area (Å²) in [5, 5.41) is 52.1. The van der Waals surface area contributed by atoms with E-state index in [1.807, 2.05) is 0 Å². The van der Waals surface area contributed by atoms with Crippen LogP contribution >= 0.6 is 0 Å². The van der Waals surface area contributed by atoms with Crippen molar-refractivity contribution < 1.29 is 44.5 Å². The Morgan fingerprint density at radius 3 is 2.55 bits per heavy atom. The molecule has 1 amide bonds. The number of amides is 1. The first-order valence-electron chi connectivity index (χ1n) is 9.16. The highest BCUT2D eigenvalue weighted by Gasteiger charge is 2.53. The molecule has 1 aliphatic heterocycles. The van der Waals surface area contributed by atoms with Gasteiger partial charge in [-0.3, -0.25) is 4.79 Å². The summed E-state index contributed by atoms with van der Waals surface area (Å²) in [4.78, 5) is 12.5. The van der Waals surface area contributed by atoms with Gasteiger partial charge in [0.1, 0.15) is 43.9 Å². The van der Waals surface area contributed by atoms with Gasteiger partial charge >= 0.3 is 0 Å². The van der Waals surface area contributed by atoms with Crippen molar-refractivity contribution in [2.45, 2.75) is 43.5 Å². The van der Waals surface area contributed by atoms with Gasteiger partial charge < -0.3 is 45.1 Å². The second-order valence-corrected chi connectivity index (χ2v) is 6.98. The summed E-state index contributed by atoms with van der Waals surface area (Å²) in [6.07, 6.45) is -4.23. The summed E-state index contributed by atoms with van der Waals surface area (Å²) in [6, 6.07) is 3.37. The van der Waals surface area contributed by atoms with Gasteiger partial charge in [0.05, 0.1) is 12.6 Å². The minimum atomic E-state index is -1.43. The molecule has 0 bridgehead atoms. The molecule has 29 heavy (non-hydrogen) atoms. The third-order valence-corrected chi connectivity index (χ3v) is 4.97. The standard InChI is InChI=1S/C19H25NO9/c1-9(6-10-2-3-12(11(22)7-10)27-5-4-21)19(26)20-13-14(23)16(25)18-17(15(13)24)28-8-29-18/h2-3,6-7,13-18,21-25H,4-5,8H2,1H3,(H,20,26)/b9-6+/t13-,14+,15-,16-,17+,18-/m1/s1. The van der Waals surface area contributed by atoms with Crippen molar-refractivity contribution in [2.24, 2.45) is 0 Å². The quantitative estimate of drug-likeness (QED) is 0.306. The minimum Gasteiger partial charge on any atom is -0.504 e. The van der Waals surface area contributed by atoms with Crippen LogP contribution in [0.15, 0.2) is 23.8 Å². The molecule has 1 saturated carbocycles. The molecule has 160 valence electrons. The summed E-state index contributed by atoms with van der Waals surface area (Å²) >= 11 is 0. The number of aliphatic hydroxyl groups excluding tert-OH is 4. The Morgan fingerprint density at radius 2 is 1.90 bits per heavy atom. The molecule has 3 rings (SSSR count). The van der Waals surface area contributed by atoms with Gasteiger partial charge in [0, 0.05) is 5.57 Å². The van der Waals surface area contributed by atoms with Crippen LogP contribution in [0, 0.1) is 0 Å². The number of carbonyl (C=O) groups excluding carboxylic acids is 1. The third-order valence-electron chi connectivity index (χ3n) is 4.97. The number of benzene rings is 1. The Hall–Kier alpha value is -2.21. The van der Waals surface area contributed by atoms with Crippen LogP contribution in [-0.4, -0.2) is 88.0 Å². The molecular weight excluding hydrogens is 386 g/mol. The zero-order valence-corrected chi connectivity index (χ0v) is 15.8. The Balaban J connectivity index is 1.69. The van der Waals surface area contributed by atoms with E-state index in [2.05, 4.69) is 5.32 Å². The van der Waals surface area contributed by atoms with E-state index in [4.69, 9.17) is 19.3 Å². The molecule has 2 fully saturated rings. The highest BCUT2D eigenvalue weighted by atomic mass is 16.7. The molecule has 1 aromatic rings. The van der Waals surface area contributed by atoms with Gasteiger partial charge in [-0.2, -0.15) is 0 Å². The second-order valence-electron chi connectivity index (χ2n) is 6.98. The van der Waals surface area contributed by atoms with Crippen molar-refractivity contribution in [1.82, 2.24) is 5.32 Å². The third kappa shape index (κ3) is 4.53. The van der Waals surface area contributed by atoms with E-state index in [-0.39, 0.29) is 37.1 Å². The molecular formula is C19H25NO9. The number of aliphatic hydroxyl groups is 4. The first-order valence-corrected chi connectivity index (χ1v) is 9.16. The van der Waals surface area contributed by atoms with Crippen molar-refractivity contribution in [3.05, 3.63) is 29.3 Å². The maximum Gasteiger partial charge on any atom is 0.247 e. The number of fused-ring (bicyclic) bond motifs is 1. The first-order chi connectivity index (χ1) is 13.8. The van der Waals surface area contributed by atoms with E-state index in [1.165, 1.54) is 25.1 Å². The van der Waals surface area contributed by atoms with Gasteiger partial charge in [-0.05, 0) is 30.7 Å². The van der Waals surface area contributed by atoms with Crippen molar-refractivity contribution in [2.75, 3.05) is 20.0 Å². The molecule has 1 aromatic carbocycles. The van der Waals surface area contributed by atoms with Crippen LogP contribution in [0.2, 0.25) is 0 Å². The average Bonchev–Trinajstić information content (AvgIpc) is 3.19. The molecule has 1 aliphatic carbocycles. The molecule has 0 radical (unpaired) electrons. The summed E-state index contributed by atoms with van der Waals surface area (Å²) < 4.78 is 15.6. The summed E-state index contributed by atoms with van der Waals surface area (Å²) in [5.41, 5.74) is 0.761. The van der Waals surface area contributed by atoms with Crippen LogP contribution in [0.3, 0.4) is 0 Å². The Bertz CT molecular complexity index is 768. The van der Waals surface area contributed by atoms with Crippen LogP contribution in [0.5, 0.6) is 11.5 Å². The molecule has 0 spiro atoms. The lowest BCUT2D eigenvalue weighted by Crippen LogP contribution is -2.67. The lowest BCUT2D eigenvalue weighted by atomic mass is 9.83. The maximum atomic E-state index is 12.5. The smallest absolute Gasteiger partial charge is 0.247 e. The normalized spacial score (nSPS) is 32.0. The fraction of sp³-hybridized carbons (Fsp3) is 0.526. The fourth-order valence-corrected chi connectivity index (χ4v) is 3.44. The lowest BCUT2D eigenvalue weighted by molar-refractivity contribution is -0.155.